The molecule has 0 spiro atoms. The van der Waals surface area contributed by atoms with Crippen molar-refractivity contribution in [3.63, 3.8) is 0 Å². The van der Waals surface area contributed by atoms with Crippen LogP contribution in [0.5, 0.6) is 0 Å². The quantitative estimate of drug-likeness (QED) is 0.408. The van der Waals surface area contributed by atoms with Crippen molar-refractivity contribution in [2.75, 3.05) is 4.90 Å². The van der Waals surface area contributed by atoms with E-state index in [1.807, 2.05) is 40.8 Å². The molecule has 9 heteroatoms. The molecule has 3 aromatic rings. The highest BCUT2D eigenvalue weighted by Crippen LogP contribution is 2.52. The van der Waals surface area contributed by atoms with E-state index < -0.39 is 5.54 Å². The van der Waals surface area contributed by atoms with Crippen molar-refractivity contribution in [1.82, 2.24) is 14.8 Å². The van der Waals surface area contributed by atoms with E-state index in [-0.39, 0.29) is 5.24 Å². The first-order valence-corrected chi connectivity index (χ1v) is 11.5. The molecule has 26 heavy (non-hydrogen) atoms. The first-order chi connectivity index (χ1) is 12.4. The summed E-state index contributed by atoms with van der Waals surface area (Å²) < 4.78 is 2.72. The van der Waals surface area contributed by atoms with E-state index in [1.165, 1.54) is 11.8 Å². The number of anilines is 1. The number of hydrogen-bond acceptors (Lipinski definition) is 7. The number of para-hydroxylation sites is 1. The van der Waals surface area contributed by atoms with Gasteiger partial charge in [-0.2, -0.15) is 0 Å². The molecule has 0 bridgehead atoms. The van der Waals surface area contributed by atoms with Crippen molar-refractivity contribution < 1.29 is 4.79 Å². The number of aryl methyl sites for hydroxylation is 1. The van der Waals surface area contributed by atoms with E-state index in [0.29, 0.717) is 5.75 Å². The summed E-state index contributed by atoms with van der Waals surface area (Å²) in [5.41, 5.74) is 2.61. The predicted molar refractivity (Wildman–Crippen MR) is 112 cm³/mol. The van der Waals surface area contributed by atoms with E-state index in [1.54, 1.807) is 27.0 Å². The minimum atomic E-state index is -0.452. The van der Waals surface area contributed by atoms with Crippen molar-refractivity contribution in [2.24, 2.45) is 7.05 Å². The van der Waals surface area contributed by atoms with Gasteiger partial charge in [-0.3, -0.25) is 9.69 Å². The number of hydrogen-bond donors (Lipinski definition) is 0. The lowest BCUT2D eigenvalue weighted by molar-refractivity contribution is 0.259. The third-order valence-electron chi connectivity index (χ3n) is 4.47. The molecule has 0 fully saturated rings. The van der Waals surface area contributed by atoms with Gasteiger partial charge in [0.25, 0.3) is 5.24 Å². The van der Waals surface area contributed by atoms with Crippen LogP contribution in [-0.4, -0.2) is 20.0 Å². The largest absolute Gasteiger partial charge is 0.320 e. The van der Waals surface area contributed by atoms with Crippen molar-refractivity contribution >= 4 is 55.6 Å². The lowest BCUT2D eigenvalue weighted by atomic mass is 9.88. The molecule has 1 aromatic carbocycles. The summed E-state index contributed by atoms with van der Waals surface area (Å²) in [5, 5.41) is 7.94. The van der Waals surface area contributed by atoms with Crippen LogP contribution >= 0.6 is 44.7 Å². The van der Waals surface area contributed by atoms with Crippen LogP contribution in [0.2, 0.25) is 0 Å². The first kappa shape index (κ1) is 17.8. The Kier molecular flexibility index (Phi) is 4.50. The number of aromatic nitrogens is 3. The van der Waals surface area contributed by atoms with Gasteiger partial charge in [-0.1, -0.05) is 62.9 Å². The third kappa shape index (κ3) is 2.74. The monoisotopic (exact) mass is 420 g/mol. The fourth-order valence-corrected chi connectivity index (χ4v) is 7.38. The maximum atomic E-state index is 13.2. The molecule has 0 radical (unpaired) electrons. The Bertz CT molecular complexity index is 1050. The zero-order valence-electron chi connectivity index (χ0n) is 14.4. The molecule has 1 aliphatic rings. The molecule has 0 unspecified atom stereocenters. The van der Waals surface area contributed by atoms with Gasteiger partial charge in [0.15, 0.2) is 0 Å². The van der Waals surface area contributed by atoms with Crippen molar-refractivity contribution in [3.8, 4) is 11.1 Å². The Morgan fingerprint density at radius 1 is 1.31 bits per heavy atom. The van der Waals surface area contributed by atoms with Crippen molar-refractivity contribution in [2.45, 2.75) is 25.1 Å². The van der Waals surface area contributed by atoms with Gasteiger partial charge in [-0.15, -0.1) is 10.2 Å². The van der Waals surface area contributed by atoms with Gasteiger partial charge in [0.1, 0.15) is 16.0 Å². The number of carbonyl (C=O) groups is 1. The predicted octanol–water partition coefficient (Wildman–Crippen LogP) is 5.44. The zero-order valence-corrected chi connectivity index (χ0v) is 17.7. The Morgan fingerprint density at radius 2 is 2.08 bits per heavy atom. The number of carbonyl (C=O) groups excluding carboxylic acids is 1. The van der Waals surface area contributed by atoms with Crippen molar-refractivity contribution in [1.29, 1.82) is 0 Å². The van der Waals surface area contributed by atoms with E-state index in [4.69, 9.17) is 12.2 Å². The minimum absolute atomic E-state index is 0.000387. The molecule has 0 saturated heterocycles. The second kappa shape index (κ2) is 6.56. The average Bonchev–Trinajstić information content (AvgIpc) is 3.19. The lowest BCUT2D eigenvalue weighted by Crippen LogP contribution is -2.46. The number of fused-ring (bicyclic) bond motifs is 3. The number of thioether (sulfide) groups is 1. The molecule has 134 valence electrons. The second-order valence-corrected chi connectivity index (χ2v) is 10.2. The molecule has 0 saturated carbocycles. The van der Waals surface area contributed by atoms with Gasteiger partial charge in [0.2, 0.25) is 0 Å². The van der Waals surface area contributed by atoms with E-state index in [2.05, 4.69) is 24.0 Å². The molecule has 3 heterocycles. The van der Waals surface area contributed by atoms with Gasteiger partial charge in [-0.05, 0) is 19.9 Å². The SMILES string of the molecule is Cn1cnnc1CSC(=O)N1c2ccccc2-c2c(ssc2=S)C1(C)C. The highest BCUT2D eigenvalue weighted by Gasteiger charge is 2.42. The Hall–Kier alpha value is -1.55. The molecule has 5 nitrogen and oxygen atoms in total. The van der Waals surface area contributed by atoms with Crippen LogP contribution in [0.25, 0.3) is 11.1 Å². The van der Waals surface area contributed by atoms with Crippen LogP contribution in [0.3, 0.4) is 0 Å². The normalized spacial score (nSPS) is 14.8. The molecule has 1 amide bonds. The van der Waals surface area contributed by atoms with Crippen LogP contribution in [0.1, 0.15) is 24.5 Å². The highest BCUT2D eigenvalue weighted by atomic mass is 32.9. The summed E-state index contributed by atoms with van der Waals surface area (Å²) in [7, 11) is 5.15. The van der Waals surface area contributed by atoms with Gasteiger partial charge in [0.05, 0.1) is 21.9 Å². The molecule has 0 aliphatic carbocycles. The second-order valence-electron chi connectivity index (χ2n) is 6.48. The maximum Gasteiger partial charge on any atom is 0.287 e. The zero-order chi connectivity index (χ0) is 18.5. The Balaban J connectivity index is 1.75. The van der Waals surface area contributed by atoms with Crippen LogP contribution in [0.15, 0.2) is 30.6 Å². The molecular weight excluding hydrogens is 404 g/mol. The molecule has 4 rings (SSSR count). The topological polar surface area (TPSA) is 51.0 Å². The van der Waals surface area contributed by atoms with Crippen LogP contribution in [0, 0.1) is 3.82 Å². The number of rotatable bonds is 2. The highest BCUT2D eigenvalue weighted by molar-refractivity contribution is 8.13. The standard InChI is InChI=1S/C17H16N4OS4/c1-17(2)14-13(15(23)26-25-14)10-6-4-5-7-11(10)21(17)16(22)24-8-12-19-18-9-20(12)3/h4-7,9H,8H2,1-3H3. The van der Waals surface area contributed by atoms with Crippen LogP contribution in [0.4, 0.5) is 10.5 Å². The van der Waals surface area contributed by atoms with E-state index in [9.17, 15) is 4.79 Å². The molecule has 0 N–H and O–H groups in total. The average molecular weight is 421 g/mol. The Morgan fingerprint density at radius 3 is 2.81 bits per heavy atom. The maximum absolute atomic E-state index is 13.2. The molecular formula is C17H16N4OS4. The summed E-state index contributed by atoms with van der Waals surface area (Å²) >= 11 is 6.83. The summed E-state index contributed by atoms with van der Waals surface area (Å²) in [6.07, 6.45) is 1.64. The Labute approximate surface area is 168 Å². The van der Waals surface area contributed by atoms with Crippen LogP contribution < -0.4 is 4.90 Å². The van der Waals surface area contributed by atoms with Gasteiger partial charge >= 0.3 is 0 Å². The number of nitrogens with zero attached hydrogens (tertiary/aromatic N) is 4. The van der Waals surface area contributed by atoms with Crippen LogP contribution in [-0.2, 0) is 18.3 Å². The number of amides is 1. The fraction of sp³-hybridized carbons (Fsp3) is 0.294. The van der Waals surface area contributed by atoms with E-state index in [0.717, 1.165) is 31.3 Å². The molecule has 0 atom stereocenters. The summed E-state index contributed by atoms with van der Waals surface area (Å²) in [6.45, 7) is 4.17. The van der Waals surface area contributed by atoms with E-state index >= 15 is 0 Å². The van der Waals surface area contributed by atoms with Gasteiger partial charge in [-0.25, -0.2) is 0 Å². The summed E-state index contributed by atoms with van der Waals surface area (Å²) in [6, 6.07) is 8.00. The smallest absolute Gasteiger partial charge is 0.287 e. The summed E-state index contributed by atoms with van der Waals surface area (Å²) in [5.74, 6) is 1.26. The van der Waals surface area contributed by atoms with Gasteiger partial charge < -0.3 is 4.57 Å². The fourth-order valence-electron chi connectivity index (χ4n) is 3.13. The minimum Gasteiger partial charge on any atom is -0.320 e. The lowest BCUT2D eigenvalue weighted by Gasteiger charge is -2.42. The molecule has 1 aliphatic heterocycles. The number of benzene rings is 1. The van der Waals surface area contributed by atoms with Gasteiger partial charge in [0, 0.05) is 18.2 Å². The first-order valence-electron chi connectivity index (χ1n) is 7.94. The third-order valence-corrected chi connectivity index (χ3v) is 8.64. The summed E-state index contributed by atoms with van der Waals surface area (Å²) in [4.78, 5) is 16.3. The molecule has 2 aromatic heterocycles. The van der Waals surface area contributed by atoms with Crippen molar-refractivity contribution in [3.05, 3.63) is 45.1 Å².